The fourth-order valence-corrected chi connectivity index (χ4v) is 4.38. The van der Waals surface area contributed by atoms with Crippen LogP contribution < -0.4 is 10.1 Å². The fourth-order valence-electron chi connectivity index (χ4n) is 4.38. The molecule has 2 aromatic heterocycles. The van der Waals surface area contributed by atoms with E-state index in [2.05, 4.69) is 65.1 Å². The number of H-pyrrole nitrogens is 1. The summed E-state index contributed by atoms with van der Waals surface area (Å²) in [6, 6.07) is 2.26. The van der Waals surface area contributed by atoms with Gasteiger partial charge in [0.05, 0.1) is 24.4 Å². The van der Waals surface area contributed by atoms with Crippen molar-refractivity contribution < 1.29 is 9.53 Å². The molecule has 10 nitrogen and oxygen atoms in total. The van der Waals surface area contributed by atoms with Crippen LogP contribution in [0.3, 0.4) is 0 Å². The molecule has 0 aromatic carbocycles. The first-order chi connectivity index (χ1) is 14.7. The van der Waals surface area contributed by atoms with E-state index in [0.717, 1.165) is 24.3 Å². The average Bonchev–Trinajstić information content (AvgIpc) is 3.23. The summed E-state index contributed by atoms with van der Waals surface area (Å²) in [5.74, 6) is 1.54. The summed E-state index contributed by atoms with van der Waals surface area (Å²) in [5.41, 5.74) is 1.39. The number of aromatic amines is 1. The maximum Gasteiger partial charge on any atom is 0.321 e. The van der Waals surface area contributed by atoms with Gasteiger partial charge >= 0.3 is 6.03 Å². The van der Waals surface area contributed by atoms with E-state index < -0.39 is 5.54 Å². The van der Waals surface area contributed by atoms with Crippen LogP contribution >= 0.6 is 0 Å². The minimum Gasteiger partial charge on any atom is -0.478 e. The SMILES string of the molecule is CCOc1ccnc(Nc2n[nH]c3c2CN(C(=O)N2C[C@@H](C)N(C)C[C@@H]2C)C3(C)C)n1. The molecule has 10 heteroatoms. The Labute approximate surface area is 183 Å². The van der Waals surface area contributed by atoms with Crippen molar-refractivity contribution in [3.05, 3.63) is 23.5 Å². The number of aromatic nitrogens is 4. The normalized spacial score (nSPS) is 23.0. The molecule has 168 valence electrons. The summed E-state index contributed by atoms with van der Waals surface area (Å²) < 4.78 is 5.45. The molecular formula is C21H32N8O2. The van der Waals surface area contributed by atoms with Crippen molar-refractivity contribution in [2.24, 2.45) is 0 Å². The van der Waals surface area contributed by atoms with Crippen molar-refractivity contribution >= 4 is 17.8 Å². The highest BCUT2D eigenvalue weighted by Crippen LogP contribution is 2.41. The Kier molecular flexibility index (Phi) is 5.50. The standard InChI is InChI=1S/C21H32N8O2/c1-7-31-16-8-9-22-19(23-16)24-18-15-12-29(21(4,5)17(15)25-26-18)20(30)28-11-13(2)27(6)10-14(28)3/h8-9,13-14H,7,10-12H2,1-6H3,(H2,22,23,24,25,26)/t13-,14+/m1/s1. The second-order valence-electron chi connectivity index (χ2n) is 8.92. The number of carbonyl (C=O) groups is 1. The number of fused-ring (bicyclic) bond motifs is 1. The molecule has 0 unspecified atom stereocenters. The summed E-state index contributed by atoms with van der Waals surface area (Å²) in [5, 5.41) is 10.7. The number of carbonyl (C=O) groups excluding carboxylic acids is 1. The smallest absolute Gasteiger partial charge is 0.321 e. The second-order valence-corrected chi connectivity index (χ2v) is 8.92. The summed E-state index contributed by atoms with van der Waals surface area (Å²) in [6.45, 7) is 12.9. The number of nitrogens with zero attached hydrogens (tertiary/aromatic N) is 6. The van der Waals surface area contributed by atoms with E-state index in [1.165, 1.54) is 0 Å². The molecule has 2 aliphatic heterocycles. The Morgan fingerprint density at radius 2 is 2.10 bits per heavy atom. The third-order valence-electron chi connectivity index (χ3n) is 6.40. The van der Waals surface area contributed by atoms with E-state index >= 15 is 0 Å². The number of nitrogens with one attached hydrogen (secondary N) is 2. The van der Waals surface area contributed by atoms with Gasteiger partial charge in [0.1, 0.15) is 0 Å². The van der Waals surface area contributed by atoms with Crippen LogP contribution in [0.4, 0.5) is 16.6 Å². The van der Waals surface area contributed by atoms with Crippen LogP contribution in [0.5, 0.6) is 5.88 Å². The summed E-state index contributed by atoms with van der Waals surface area (Å²) >= 11 is 0. The van der Waals surface area contributed by atoms with E-state index in [1.54, 1.807) is 12.3 Å². The molecule has 4 rings (SSSR count). The summed E-state index contributed by atoms with van der Waals surface area (Å²) in [4.78, 5) is 28.4. The second kappa shape index (κ2) is 7.99. The lowest BCUT2D eigenvalue weighted by Crippen LogP contribution is -2.60. The first-order valence-corrected chi connectivity index (χ1v) is 10.8. The first-order valence-electron chi connectivity index (χ1n) is 10.8. The summed E-state index contributed by atoms with van der Waals surface area (Å²) in [6.07, 6.45) is 1.64. The number of ether oxygens (including phenoxy) is 1. The maximum atomic E-state index is 13.6. The molecule has 2 atom stereocenters. The highest BCUT2D eigenvalue weighted by Gasteiger charge is 2.46. The van der Waals surface area contributed by atoms with Gasteiger partial charge in [-0.1, -0.05) is 0 Å². The summed E-state index contributed by atoms with van der Waals surface area (Å²) in [7, 11) is 2.11. The highest BCUT2D eigenvalue weighted by atomic mass is 16.5. The molecule has 4 heterocycles. The van der Waals surface area contributed by atoms with Gasteiger partial charge in [0.15, 0.2) is 5.82 Å². The van der Waals surface area contributed by atoms with Crippen LogP contribution in [0, 0.1) is 0 Å². The largest absolute Gasteiger partial charge is 0.478 e. The Bertz CT molecular complexity index is 959. The highest BCUT2D eigenvalue weighted by molar-refractivity contribution is 5.78. The monoisotopic (exact) mass is 428 g/mol. The Hall–Kier alpha value is -2.88. The first kappa shape index (κ1) is 21.4. The molecule has 0 aliphatic carbocycles. The third-order valence-corrected chi connectivity index (χ3v) is 6.40. The predicted octanol–water partition coefficient (Wildman–Crippen LogP) is 2.54. The van der Waals surface area contributed by atoms with Crippen LogP contribution in [-0.4, -0.2) is 79.7 Å². The maximum absolute atomic E-state index is 13.6. The molecule has 2 N–H and O–H groups in total. The van der Waals surface area contributed by atoms with E-state index in [9.17, 15) is 4.79 Å². The Morgan fingerprint density at radius 3 is 2.84 bits per heavy atom. The molecular weight excluding hydrogens is 396 g/mol. The van der Waals surface area contributed by atoms with E-state index in [0.29, 0.717) is 36.8 Å². The van der Waals surface area contributed by atoms with Crippen molar-refractivity contribution in [1.29, 1.82) is 0 Å². The van der Waals surface area contributed by atoms with Gasteiger partial charge in [-0.05, 0) is 41.7 Å². The average molecular weight is 429 g/mol. The molecule has 2 aromatic rings. The number of anilines is 2. The van der Waals surface area contributed by atoms with Crippen LogP contribution in [0.2, 0.25) is 0 Å². The molecule has 31 heavy (non-hydrogen) atoms. The lowest BCUT2D eigenvalue weighted by Gasteiger charge is -2.45. The molecule has 2 aliphatic rings. The zero-order valence-corrected chi connectivity index (χ0v) is 19.1. The number of likely N-dealkylation sites (N-methyl/N-ethyl adjacent to an activating group) is 1. The van der Waals surface area contributed by atoms with Crippen molar-refractivity contribution in [3.8, 4) is 5.88 Å². The minimum absolute atomic E-state index is 0.0580. The van der Waals surface area contributed by atoms with Crippen LogP contribution in [-0.2, 0) is 12.1 Å². The van der Waals surface area contributed by atoms with E-state index in [-0.39, 0.29) is 12.1 Å². The zero-order chi connectivity index (χ0) is 22.3. The van der Waals surface area contributed by atoms with Crippen molar-refractivity contribution in [2.75, 3.05) is 32.1 Å². The molecule has 0 spiro atoms. The van der Waals surface area contributed by atoms with Crippen LogP contribution in [0.15, 0.2) is 12.3 Å². The number of urea groups is 1. The number of hydrogen-bond acceptors (Lipinski definition) is 7. The van der Waals surface area contributed by atoms with Gasteiger partial charge < -0.3 is 19.9 Å². The van der Waals surface area contributed by atoms with E-state index in [4.69, 9.17) is 4.74 Å². The van der Waals surface area contributed by atoms with Crippen molar-refractivity contribution in [1.82, 2.24) is 34.9 Å². The van der Waals surface area contributed by atoms with Gasteiger partial charge in [0.25, 0.3) is 0 Å². The van der Waals surface area contributed by atoms with Gasteiger partial charge in [-0.15, -0.1) is 0 Å². The molecule has 2 amide bonds. The van der Waals surface area contributed by atoms with Crippen LogP contribution in [0.1, 0.15) is 45.9 Å². The number of piperazine rings is 1. The lowest BCUT2D eigenvalue weighted by atomic mass is 10.0. The minimum atomic E-state index is -0.500. The molecule has 0 radical (unpaired) electrons. The van der Waals surface area contributed by atoms with Gasteiger partial charge in [0, 0.05) is 43.0 Å². The topological polar surface area (TPSA) is 103 Å². The quantitative estimate of drug-likeness (QED) is 0.771. The zero-order valence-electron chi connectivity index (χ0n) is 19.1. The van der Waals surface area contributed by atoms with Gasteiger partial charge in [-0.2, -0.15) is 10.1 Å². The Morgan fingerprint density at radius 1 is 1.32 bits per heavy atom. The lowest BCUT2D eigenvalue weighted by molar-refractivity contribution is 0.0457. The molecule has 1 saturated heterocycles. The Balaban J connectivity index is 1.55. The predicted molar refractivity (Wildman–Crippen MR) is 117 cm³/mol. The molecule has 0 bridgehead atoms. The fraction of sp³-hybridized carbons (Fsp3) is 0.619. The van der Waals surface area contributed by atoms with Crippen molar-refractivity contribution in [3.63, 3.8) is 0 Å². The van der Waals surface area contributed by atoms with Crippen molar-refractivity contribution in [2.45, 2.75) is 58.8 Å². The molecule has 1 fully saturated rings. The van der Waals surface area contributed by atoms with Crippen LogP contribution in [0.25, 0.3) is 0 Å². The number of hydrogen-bond donors (Lipinski definition) is 2. The van der Waals surface area contributed by atoms with Gasteiger partial charge in [-0.25, -0.2) is 9.78 Å². The number of rotatable bonds is 4. The van der Waals surface area contributed by atoms with Gasteiger partial charge in [0.2, 0.25) is 11.8 Å². The van der Waals surface area contributed by atoms with E-state index in [1.807, 2.05) is 16.7 Å². The number of amides is 2. The van der Waals surface area contributed by atoms with Gasteiger partial charge in [-0.3, -0.25) is 10.00 Å². The third kappa shape index (κ3) is 3.80. The molecule has 0 saturated carbocycles.